The first-order valence-corrected chi connectivity index (χ1v) is 18.7. The van der Waals surface area contributed by atoms with E-state index in [-0.39, 0.29) is 46.2 Å². The van der Waals surface area contributed by atoms with Gasteiger partial charge in [-0.3, -0.25) is 19.8 Å². The molecule has 2 aromatic carbocycles. The highest BCUT2D eigenvalue weighted by molar-refractivity contribution is 6.27. The third kappa shape index (κ3) is 4.76. The molecule has 50 heavy (non-hydrogen) atoms. The van der Waals surface area contributed by atoms with Crippen LogP contribution in [0.5, 0.6) is 11.5 Å². The molecule has 8 rings (SSSR count). The molecule has 264 valence electrons. The zero-order chi connectivity index (χ0) is 35.1. The summed E-state index contributed by atoms with van der Waals surface area (Å²) in [5, 5.41) is 11.1. The van der Waals surface area contributed by atoms with Gasteiger partial charge in [0.1, 0.15) is 0 Å². The number of carbonyl (C=O) groups excluding carboxylic acids is 2. The van der Waals surface area contributed by atoms with Crippen molar-refractivity contribution in [2.75, 3.05) is 19.6 Å². The number of methoxy groups -OCH3 is 2. The van der Waals surface area contributed by atoms with Crippen LogP contribution in [0.1, 0.15) is 101 Å². The molecule has 0 bridgehead atoms. The van der Waals surface area contributed by atoms with Crippen LogP contribution in [0.25, 0.3) is 22.0 Å². The maximum Gasteiger partial charge on any atom is 0.281 e. The summed E-state index contributed by atoms with van der Waals surface area (Å²) in [7, 11) is 2.97. The predicted molar refractivity (Wildman–Crippen MR) is 194 cm³/mol. The van der Waals surface area contributed by atoms with E-state index in [0.717, 1.165) is 32.1 Å². The minimum absolute atomic E-state index is 0.181. The summed E-state index contributed by atoms with van der Waals surface area (Å²) in [6, 6.07) is 10.6. The molecule has 0 aliphatic heterocycles. The van der Waals surface area contributed by atoms with Crippen LogP contribution in [0, 0.1) is 40.4 Å². The number of amides is 1. The van der Waals surface area contributed by atoms with Gasteiger partial charge < -0.3 is 14.6 Å². The fourth-order valence-corrected chi connectivity index (χ4v) is 11.8. The van der Waals surface area contributed by atoms with E-state index in [1.54, 1.807) is 24.3 Å². The summed E-state index contributed by atoms with van der Waals surface area (Å²) < 4.78 is 12.4. The van der Waals surface area contributed by atoms with Gasteiger partial charge in [0.2, 0.25) is 5.91 Å². The van der Waals surface area contributed by atoms with Gasteiger partial charge in [-0.2, -0.15) is 0 Å². The number of ketones is 1. The maximum absolute atomic E-state index is 14.3. The van der Waals surface area contributed by atoms with E-state index in [9.17, 15) is 19.5 Å². The zero-order valence-corrected chi connectivity index (χ0v) is 30.0. The topological polar surface area (TPSA) is 107 Å². The highest BCUT2D eigenvalue weighted by atomic mass is 16.5. The third-order valence-electron chi connectivity index (χ3n) is 14.2. The highest BCUT2D eigenvalue weighted by Gasteiger charge is 2.59. The third-order valence-corrected chi connectivity index (χ3v) is 14.2. The molecule has 0 saturated heterocycles. The first-order chi connectivity index (χ1) is 24.0. The number of fused-ring (bicyclic) bond motifs is 10. The van der Waals surface area contributed by atoms with Crippen LogP contribution >= 0.6 is 0 Å². The average Bonchev–Trinajstić information content (AvgIpc) is 3.62. The second kappa shape index (κ2) is 12.1. The molecule has 5 aliphatic carbocycles. The van der Waals surface area contributed by atoms with Crippen LogP contribution in [0.2, 0.25) is 0 Å². The lowest BCUT2D eigenvalue weighted by Gasteiger charge is -2.58. The van der Waals surface area contributed by atoms with Crippen molar-refractivity contribution in [1.29, 1.82) is 0 Å². The molecular formula is C42H50N2O6. The smallest absolute Gasteiger partial charge is 0.281 e. The van der Waals surface area contributed by atoms with Crippen molar-refractivity contribution in [1.82, 2.24) is 4.68 Å². The molecule has 8 atom stereocenters. The Morgan fingerprint density at radius 3 is 2.54 bits per heavy atom. The Balaban J connectivity index is 1.04. The molecule has 1 heterocycles. The van der Waals surface area contributed by atoms with Crippen molar-refractivity contribution in [3.8, 4) is 22.8 Å². The van der Waals surface area contributed by atoms with E-state index < -0.39 is 5.56 Å². The number of rotatable bonds is 7. The number of allylic oxidation sites excluding steroid dienone is 1. The van der Waals surface area contributed by atoms with E-state index in [1.807, 2.05) is 12.1 Å². The number of aliphatic hydroxyl groups excluding tert-OH is 1. The summed E-state index contributed by atoms with van der Waals surface area (Å²) in [5.74, 6) is 3.15. The monoisotopic (exact) mass is 678 g/mol. The summed E-state index contributed by atoms with van der Waals surface area (Å²) >= 11 is 0. The Labute approximate surface area is 294 Å². The molecule has 2 N–H and O–H groups in total. The van der Waals surface area contributed by atoms with Gasteiger partial charge in [-0.25, -0.2) is 4.68 Å². The summed E-state index contributed by atoms with van der Waals surface area (Å²) in [4.78, 5) is 41.8. The molecule has 3 fully saturated rings. The molecule has 3 aromatic rings. The Bertz CT molecular complexity index is 2000. The minimum Gasteiger partial charge on any atom is -0.493 e. The van der Waals surface area contributed by atoms with Crippen LogP contribution in [0.3, 0.4) is 0 Å². The van der Waals surface area contributed by atoms with Crippen molar-refractivity contribution < 1.29 is 24.2 Å². The first-order valence-electron chi connectivity index (χ1n) is 18.7. The molecule has 8 nitrogen and oxygen atoms in total. The predicted octanol–water partition coefficient (Wildman–Crippen LogP) is 7.66. The number of aliphatic hydroxyl groups is 1. The Morgan fingerprint density at radius 1 is 1.00 bits per heavy atom. The summed E-state index contributed by atoms with van der Waals surface area (Å²) in [5.41, 5.74) is 6.36. The van der Waals surface area contributed by atoms with Crippen LogP contribution in [-0.2, 0) is 4.79 Å². The average molecular weight is 679 g/mol. The molecule has 5 aliphatic rings. The quantitative estimate of drug-likeness (QED) is 0.195. The number of pyridine rings is 1. The second-order valence-electron chi connectivity index (χ2n) is 16.4. The van der Waals surface area contributed by atoms with Crippen LogP contribution < -0.4 is 20.5 Å². The number of nitrogens with zero attached hydrogens (tertiary/aromatic N) is 1. The lowest BCUT2D eigenvalue weighted by Crippen LogP contribution is -2.50. The van der Waals surface area contributed by atoms with E-state index in [2.05, 4.69) is 32.3 Å². The largest absolute Gasteiger partial charge is 0.493 e. The van der Waals surface area contributed by atoms with Crippen molar-refractivity contribution >= 4 is 22.5 Å². The van der Waals surface area contributed by atoms with Crippen LogP contribution in [0.15, 0.2) is 52.8 Å². The minimum atomic E-state index is -0.464. The summed E-state index contributed by atoms with van der Waals surface area (Å²) in [6.45, 7) is 7.32. The molecule has 1 aromatic heterocycles. The molecule has 1 amide bonds. The Morgan fingerprint density at radius 2 is 1.78 bits per heavy atom. The van der Waals surface area contributed by atoms with Crippen LogP contribution in [-0.4, -0.2) is 41.8 Å². The van der Waals surface area contributed by atoms with Crippen molar-refractivity contribution in [2.45, 2.75) is 91.1 Å². The van der Waals surface area contributed by atoms with Gasteiger partial charge in [-0.15, -0.1) is 0 Å². The van der Waals surface area contributed by atoms with Gasteiger partial charge in [-0.05, 0) is 110 Å². The molecular weight excluding hydrogens is 628 g/mol. The Kier molecular flexibility index (Phi) is 8.05. The number of hydrogen-bond donors (Lipinski definition) is 2. The lowest BCUT2D eigenvalue weighted by atomic mass is 9.47. The van der Waals surface area contributed by atoms with Crippen LogP contribution in [0.4, 0.5) is 0 Å². The number of carbonyl (C=O) groups is 2. The molecule has 0 unspecified atom stereocenters. The fourth-order valence-electron chi connectivity index (χ4n) is 11.8. The van der Waals surface area contributed by atoms with E-state index in [1.165, 1.54) is 50.2 Å². The van der Waals surface area contributed by atoms with E-state index >= 15 is 0 Å². The van der Waals surface area contributed by atoms with Crippen molar-refractivity contribution in [3.63, 3.8) is 0 Å². The van der Waals surface area contributed by atoms with Gasteiger partial charge in [0.15, 0.2) is 17.3 Å². The van der Waals surface area contributed by atoms with Gasteiger partial charge in [0, 0.05) is 22.9 Å². The first kappa shape index (κ1) is 33.2. The summed E-state index contributed by atoms with van der Waals surface area (Å²) in [6.07, 6.45) is 12.2. The van der Waals surface area contributed by atoms with E-state index in [0.29, 0.717) is 63.1 Å². The molecule has 8 heteroatoms. The molecule has 0 radical (unpaired) electrons. The van der Waals surface area contributed by atoms with Crippen molar-refractivity contribution in [3.05, 3.63) is 69.5 Å². The number of ether oxygens (including phenoxy) is 2. The highest BCUT2D eigenvalue weighted by Crippen LogP contribution is 2.67. The normalized spacial score (nSPS) is 31.5. The number of aromatic nitrogens is 1. The fraction of sp³-hybridized carbons (Fsp3) is 0.548. The number of nitrogens with one attached hydrogen (secondary N) is 1. The maximum atomic E-state index is 14.3. The van der Waals surface area contributed by atoms with E-state index in [4.69, 9.17) is 9.47 Å². The molecule has 0 spiro atoms. The zero-order valence-electron chi connectivity index (χ0n) is 30.0. The number of benzene rings is 2. The van der Waals surface area contributed by atoms with Gasteiger partial charge in [-0.1, -0.05) is 56.7 Å². The SMILES string of the molecule is COc1ccc2c3c(n(NC(=O)CC[C@@H](C)[C@H]4CC[C@H]5[C@@H]6CC=C7C[C@@H](O)CC[C@]7(C)[C@H]6CC[C@]45C)c(=O)c2c1OC)-c1ccccc1C3=O. The number of hydrogen-bond acceptors (Lipinski definition) is 6. The second-order valence-corrected chi connectivity index (χ2v) is 16.4. The van der Waals surface area contributed by atoms with Gasteiger partial charge in [0.05, 0.1) is 37.0 Å². The standard InChI is InChI=1S/C42H50N2O6/c1-23(30-14-15-31-28-12-11-24-22-25(45)18-20-41(24,2)32(28)19-21-42(30,31)3)10-17-34(46)43-44-37-26-8-6-7-9-27(26)38(47)35(37)29-13-16-33(49-4)39(50-5)36(29)40(44)48/h6-9,11,13,16,23,25,28,30-32,45H,10,12,14-15,17-22H2,1-5H3,(H,43,46)/t23-,25+,28+,30-,31+,32+,41+,42-/m1/s1. The van der Waals surface area contributed by atoms with Gasteiger partial charge in [0.25, 0.3) is 5.56 Å². The van der Waals surface area contributed by atoms with Gasteiger partial charge >= 0.3 is 0 Å². The Hall–Kier alpha value is -3.91. The van der Waals surface area contributed by atoms with Crippen molar-refractivity contribution in [2.24, 2.45) is 40.4 Å². The lowest BCUT2D eigenvalue weighted by molar-refractivity contribution is -0.117. The molecule has 3 saturated carbocycles.